The van der Waals surface area contributed by atoms with Gasteiger partial charge in [0.25, 0.3) is 0 Å². The van der Waals surface area contributed by atoms with Gasteiger partial charge >= 0.3 is 11.9 Å². The number of carboxylic acid groups (broad SMARTS) is 2. The molecule has 6 heteroatoms. The van der Waals surface area contributed by atoms with Gasteiger partial charge in [-0.25, -0.2) is 4.79 Å². The molecule has 0 radical (unpaired) electrons. The minimum atomic E-state index is -1.18. The van der Waals surface area contributed by atoms with Crippen molar-refractivity contribution < 1.29 is 24.9 Å². The van der Waals surface area contributed by atoms with Crippen molar-refractivity contribution in [2.45, 2.75) is 31.9 Å². The van der Waals surface area contributed by atoms with Crippen molar-refractivity contribution in [1.29, 1.82) is 0 Å². The van der Waals surface area contributed by atoms with Gasteiger partial charge in [0, 0.05) is 0 Å². The van der Waals surface area contributed by atoms with Gasteiger partial charge in [-0.3, -0.25) is 4.79 Å². The lowest BCUT2D eigenvalue weighted by Gasteiger charge is -2.04. The fraction of sp³-hybridized carbons (Fsp3) is 0.385. The molecule has 0 spiro atoms. The number of benzene rings is 1. The molecule has 0 aliphatic rings. The van der Waals surface area contributed by atoms with Crippen LogP contribution in [-0.2, 0) is 16.0 Å². The van der Waals surface area contributed by atoms with Crippen molar-refractivity contribution in [3.63, 3.8) is 0 Å². The molecular formula is C13H19NO5. The Labute approximate surface area is 111 Å². The van der Waals surface area contributed by atoms with Gasteiger partial charge in [0.1, 0.15) is 6.04 Å². The van der Waals surface area contributed by atoms with Crippen LogP contribution in [0.3, 0.4) is 0 Å². The fourth-order valence-corrected chi connectivity index (χ4v) is 1.13. The molecule has 6 nitrogen and oxygen atoms in total. The van der Waals surface area contributed by atoms with Gasteiger partial charge in [0.05, 0.1) is 0 Å². The average molecular weight is 269 g/mol. The summed E-state index contributed by atoms with van der Waals surface area (Å²) in [6.45, 7) is 1.61. The number of nitrogens with two attached hydrogens (primary N) is 1. The molecule has 1 rings (SSSR count). The van der Waals surface area contributed by atoms with Crippen LogP contribution in [-0.4, -0.2) is 39.4 Å². The standard InChI is InChI=1S/C9H11NO2.C4H8O3/c10-8(9(11)12)6-7-4-2-1-3-5-7;1-2-3(5)4(6)7/h1-5,8H,6,10H2,(H,11,12);3,5H,2H2,1H3,(H,6,7). The summed E-state index contributed by atoms with van der Waals surface area (Å²) in [4.78, 5) is 20.1. The van der Waals surface area contributed by atoms with E-state index in [9.17, 15) is 9.59 Å². The normalized spacial score (nSPS) is 12.8. The Morgan fingerprint density at radius 3 is 2.00 bits per heavy atom. The summed E-state index contributed by atoms with van der Waals surface area (Å²) in [6.07, 6.45) is -0.522. The second kappa shape index (κ2) is 9.07. The summed E-state index contributed by atoms with van der Waals surface area (Å²) < 4.78 is 0. The molecule has 2 unspecified atom stereocenters. The topological polar surface area (TPSA) is 121 Å². The molecule has 0 aromatic heterocycles. The van der Waals surface area contributed by atoms with Crippen LogP contribution in [0.15, 0.2) is 30.3 Å². The first kappa shape index (κ1) is 17.1. The van der Waals surface area contributed by atoms with Gasteiger partial charge in [-0.15, -0.1) is 0 Å². The molecule has 0 saturated heterocycles. The molecule has 5 N–H and O–H groups in total. The first-order valence-corrected chi connectivity index (χ1v) is 5.81. The smallest absolute Gasteiger partial charge is 0.332 e. The van der Waals surface area contributed by atoms with Gasteiger partial charge in [-0.2, -0.15) is 0 Å². The average Bonchev–Trinajstić information content (AvgIpc) is 2.39. The molecule has 0 fully saturated rings. The van der Waals surface area contributed by atoms with Crippen LogP contribution < -0.4 is 5.73 Å². The van der Waals surface area contributed by atoms with Gasteiger partial charge in [-0.05, 0) is 18.4 Å². The van der Waals surface area contributed by atoms with Crippen molar-refractivity contribution in [3.05, 3.63) is 35.9 Å². The first-order valence-electron chi connectivity index (χ1n) is 5.81. The Morgan fingerprint density at radius 2 is 1.68 bits per heavy atom. The molecular weight excluding hydrogens is 250 g/mol. The van der Waals surface area contributed by atoms with E-state index in [2.05, 4.69) is 0 Å². The molecule has 1 aromatic rings. The Bertz CT molecular complexity index is 393. The number of rotatable bonds is 5. The molecule has 0 heterocycles. The van der Waals surface area contributed by atoms with Crippen LogP contribution in [0.1, 0.15) is 18.9 Å². The summed E-state index contributed by atoms with van der Waals surface area (Å²) >= 11 is 0. The zero-order chi connectivity index (χ0) is 14.8. The number of carboxylic acids is 2. The maximum Gasteiger partial charge on any atom is 0.332 e. The van der Waals surface area contributed by atoms with E-state index in [1.807, 2.05) is 30.3 Å². The van der Waals surface area contributed by atoms with E-state index in [1.54, 1.807) is 6.92 Å². The minimum Gasteiger partial charge on any atom is -0.480 e. The van der Waals surface area contributed by atoms with E-state index in [0.29, 0.717) is 6.42 Å². The van der Waals surface area contributed by atoms with E-state index in [-0.39, 0.29) is 6.42 Å². The monoisotopic (exact) mass is 269 g/mol. The molecule has 0 bridgehead atoms. The molecule has 0 aliphatic heterocycles. The van der Waals surface area contributed by atoms with Gasteiger partial charge in [0.15, 0.2) is 6.10 Å². The lowest BCUT2D eigenvalue weighted by atomic mass is 10.1. The maximum atomic E-state index is 10.4. The Morgan fingerprint density at radius 1 is 1.16 bits per heavy atom. The molecule has 0 amide bonds. The molecule has 1 aromatic carbocycles. The number of hydrogen-bond donors (Lipinski definition) is 4. The van der Waals surface area contributed by atoms with E-state index < -0.39 is 24.1 Å². The zero-order valence-corrected chi connectivity index (χ0v) is 10.7. The summed E-state index contributed by atoms with van der Waals surface area (Å²) in [5.41, 5.74) is 6.30. The highest BCUT2D eigenvalue weighted by molar-refractivity contribution is 5.73. The number of hydrogen-bond acceptors (Lipinski definition) is 4. The highest BCUT2D eigenvalue weighted by Gasteiger charge is 2.11. The SMILES string of the molecule is CCC(O)C(=O)O.NC(Cc1ccccc1)C(=O)O. The Balaban J connectivity index is 0.000000399. The van der Waals surface area contributed by atoms with E-state index in [1.165, 1.54) is 0 Å². The molecule has 0 aliphatic carbocycles. The van der Waals surface area contributed by atoms with E-state index >= 15 is 0 Å². The molecule has 2 atom stereocenters. The molecule has 106 valence electrons. The Kier molecular flexibility index (Phi) is 8.15. The largest absolute Gasteiger partial charge is 0.480 e. The van der Waals surface area contributed by atoms with Crippen LogP contribution in [0.4, 0.5) is 0 Å². The third-order valence-electron chi connectivity index (χ3n) is 2.29. The quantitative estimate of drug-likeness (QED) is 0.617. The number of aliphatic hydroxyl groups excluding tert-OH is 1. The summed E-state index contributed by atoms with van der Waals surface area (Å²) in [7, 11) is 0. The molecule has 19 heavy (non-hydrogen) atoms. The van der Waals surface area contributed by atoms with Crippen molar-refractivity contribution in [2.75, 3.05) is 0 Å². The number of aliphatic carboxylic acids is 2. The second-order valence-electron chi connectivity index (χ2n) is 3.90. The first-order chi connectivity index (χ1) is 8.88. The summed E-state index contributed by atoms with van der Waals surface area (Å²) in [5.74, 6) is -2.11. The van der Waals surface area contributed by atoms with Crippen LogP contribution in [0.5, 0.6) is 0 Å². The lowest BCUT2D eigenvalue weighted by Crippen LogP contribution is -2.32. The zero-order valence-electron chi connectivity index (χ0n) is 10.7. The van der Waals surface area contributed by atoms with Crippen molar-refractivity contribution in [3.8, 4) is 0 Å². The van der Waals surface area contributed by atoms with Crippen LogP contribution in [0.2, 0.25) is 0 Å². The van der Waals surface area contributed by atoms with Crippen molar-refractivity contribution >= 4 is 11.9 Å². The highest BCUT2D eigenvalue weighted by atomic mass is 16.4. The highest BCUT2D eigenvalue weighted by Crippen LogP contribution is 2.01. The summed E-state index contributed by atoms with van der Waals surface area (Å²) in [6, 6.07) is 8.54. The predicted molar refractivity (Wildman–Crippen MR) is 69.7 cm³/mol. The Hall–Kier alpha value is -1.92. The van der Waals surface area contributed by atoms with E-state index in [4.69, 9.17) is 21.1 Å². The third-order valence-corrected chi connectivity index (χ3v) is 2.29. The van der Waals surface area contributed by atoms with Crippen molar-refractivity contribution in [1.82, 2.24) is 0 Å². The lowest BCUT2D eigenvalue weighted by molar-refractivity contribution is -0.146. The maximum absolute atomic E-state index is 10.4. The molecule has 0 saturated carbocycles. The number of aliphatic hydroxyl groups is 1. The van der Waals surface area contributed by atoms with Gasteiger partial charge in [0.2, 0.25) is 0 Å². The van der Waals surface area contributed by atoms with Crippen LogP contribution >= 0.6 is 0 Å². The summed E-state index contributed by atoms with van der Waals surface area (Å²) in [5, 5.41) is 24.8. The third kappa shape index (κ3) is 7.91. The number of carbonyl (C=O) groups is 2. The predicted octanol–water partition coefficient (Wildman–Crippen LogP) is 0.483. The van der Waals surface area contributed by atoms with Gasteiger partial charge < -0.3 is 21.1 Å². The van der Waals surface area contributed by atoms with Crippen LogP contribution in [0.25, 0.3) is 0 Å². The van der Waals surface area contributed by atoms with Crippen LogP contribution in [0, 0.1) is 0 Å². The van der Waals surface area contributed by atoms with Crippen molar-refractivity contribution in [2.24, 2.45) is 5.73 Å². The van der Waals surface area contributed by atoms with E-state index in [0.717, 1.165) is 5.56 Å². The fourth-order valence-electron chi connectivity index (χ4n) is 1.13. The minimum absolute atomic E-state index is 0.273. The second-order valence-corrected chi connectivity index (χ2v) is 3.90. The van der Waals surface area contributed by atoms with Gasteiger partial charge in [-0.1, -0.05) is 37.3 Å².